The van der Waals surface area contributed by atoms with Crippen molar-refractivity contribution >= 4 is 24.6 Å². The van der Waals surface area contributed by atoms with Crippen LogP contribution in [-0.4, -0.2) is 46.5 Å². The zero-order valence-corrected chi connectivity index (χ0v) is 14.1. The van der Waals surface area contributed by atoms with Crippen molar-refractivity contribution in [1.82, 2.24) is 9.55 Å². The summed E-state index contributed by atoms with van der Waals surface area (Å²) in [5.74, 6) is 0.218. The van der Waals surface area contributed by atoms with E-state index in [0.29, 0.717) is 13.0 Å². The molecule has 1 aromatic rings. The third-order valence-corrected chi connectivity index (χ3v) is 3.56. The van der Waals surface area contributed by atoms with Gasteiger partial charge in [0.2, 0.25) is 5.95 Å². The van der Waals surface area contributed by atoms with Crippen molar-refractivity contribution in [2.75, 3.05) is 12.0 Å². The summed E-state index contributed by atoms with van der Waals surface area (Å²) in [4.78, 5) is 30.5. The number of rotatable bonds is 2. The molecule has 0 saturated heterocycles. The molecule has 2 rings (SSSR count). The lowest BCUT2D eigenvalue weighted by molar-refractivity contribution is 0.0555. The molecule has 0 aromatic carbocycles. The van der Waals surface area contributed by atoms with E-state index in [2.05, 4.69) is 4.98 Å². The number of carbonyl (C=O) groups excluding carboxylic acids is 1. The maximum atomic E-state index is 12.5. The molecule has 1 amide bonds. The van der Waals surface area contributed by atoms with Crippen molar-refractivity contribution in [3.8, 4) is 0 Å². The molecular weight excluding hydrogens is 301 g/mol. The maximum absolute atomic E-state index is 12.5. The van der Waals surface area contributed by atoms with Gasteiger partial charge in [-0.05, 0) is 34.1 Å². The highest BCUT2D eigenvalue weighted by atomic mass is 16.6. The van der Waals surface area contributed by atoms with Crippen molar-refractivity contribution in [2.45, 2.75) is 52.3 Å². The lowest BCUT2D eigenvalue weighted by atomic mass is 9.81. The SMILES string of the molecule is COB(O)c1cnc2n(c1=O)CCC(C)N2C(=O)OC(C)(C)C. The van der Waals surface area contributed by atoms with Gasteiger partial charge in [-0.1, -0.05) is 0 Å². The summed E-state index contributed by atoms with van der Waals surface area (Å²) < 4.78 is 11.5. The van der Waals surface area contributed by atoms with Crippen LogP contribution in [0.4, 0.5) is 10.7 Å². The fourth-order valence-corrected chi connectivity index (χ4v) is 2.40. The molecule has 1 atom stereocenters. The van der Waals surface area contributed by atoms with Gasteiger partial charge >= 0.3 is 13.2 Å². The summed E-state index contributed by atoms with van der Waals surface area (Å²) >= 11 is 0. The molecule has 9 heteroatoms. The molecule has 1 unspecified atom stereocenters. The molecule has 1 aromatic heterocycles. The smallest absolute Gasteiger partial charge is 0.443 e. The Morgan fingerprint density at radius 2 is 2.13 bits per heavy atom. The molecular formula is C14H22BN3O5. The minimum Gasteiger partial charge on any atom is -0.443 e. The van der Waals surface area contributed by atoms with Crippen LogP contribution in [0.1, 0.15) is 34.1 Å². The number of anilines is 1. The topological polar surface area (TPSA) is 93.9 Å². The Morgan fingerprint density at radius 1 is 1.48 bits per heavy atom. The summed E-state index contributed by atoms with van der Waals surface area (Å²) in [7, 11) is -0.0503. The first-order valence-electron chi connectivity index (χ1n) is 7.48. The Balaban J connectivity index is 2.45. The molecule has 2 heterocycles. The number of hydrogen-bond acceptors (Lipinski definition) is 6. The molecule has 0 spiro atoms. The Bertz CT molecular complexity index is 655. The van der Waals surface area contributed by atoms with Gasteiger partial charge in [-0.25, -0.2) is 14.7 Å². The summed E-state index contributed by atoms with van der Waals surface area (Å²) in [6.45, 7) is 7.61. The highest BCUT2D eigenvalue weighted by Gasteiger charge is 2.35. The molecule has 0 saturated carbocycles. The van der Waals surface area contributed by atoms with Gasteiger partial charge < -0.3 is 14.4 Å². The second kappa shape index (κ2) is 6.33. The average Bonchev–Trinajstić information content (AvgIpc) is 2.44. The fourth-order valence-electron chi connectivity index (χ4n) is 2.40. The van der Waals surface area contributed by atoms with Crippen LogP contribution in [0, 0.1) is 0 Å². The van der Waals surface area contributed by atoms with E-state index in [-0.39, 0.29) is 17.5 Å². The largest absolute Gasteiger partial charge is 0.498 e. The number of carbonyl (C=O) groups is 1. The Kier molecular flexibility index (Phi) is 4.81. The first-order chi connectivity index (χ1) is 10.7. The Labute approximate surface area is 135 Å². The van der Waals surface area contributed by atoms with E-state index in [4.69, 9.17) is 9.39 Å². The lowest BCUT2D eigenvalue weighted by Gasteiger charge is -2.35. The van der Waals surface area contributed by atoms with Gasteiger partial charge in [-0.15, -0.1) is 0 Å². The standard InChI is InChI=1S/C14H22BN3O5/c1-9-6-7-17-11(19)10(15(21)22-5)8-16-12(17)18(9)13(20)23-14(2,3)4/h8-9,21H,6-7H2,1-5H3. The van der Waals surface area contributed by atoms with Gasteiger partial charge in [0.05, 0.1) is 5.46 Å². The number of nitrogens with zero attached hydrogens (tertiary/aromatic N) is 3. The number of fused-ring (bicyclic) bond motifs is 1. The van der Waals surface area contributed by atoms with E-state index in [1.165, 1.54) is 22.8 Å². The molecule has 0 bridgehead atoms. The number of amides is 1. The molecule has 8 nitrogen and oxygen atoms in total. The summed E-state index contributed by atoms with van der Waals surface area (Å²) in [5.41, 5.74) is -1.04. The van der Waals surface area contributed by atoms with E-state index in [0.717, 1.165) is 0 Å². The van der Waals surface area contributed by atoms with Crippen LogP contribution < -0.4 is 15.9 Å². The number of hydrogen-bond donors (Lipinski definition) is 1. The van der Waals surface area contributed by atoms with Gasteiger partial charge in [-0.2, -0.15) is 0 Å². The predicted octanol–water partition coefficient (Wildman–Crippen LogP) is 0.111. The number of aromatic nitrogens is 2. The zero-order valence-electron chi connectivity index (χ0n) is 14.1. The van der Waals surface area contributed by atoms with Crippen molar-refractivity contribution in [1.29, 1.82) is 0 Å². The predicted molar refractivity (Wildman–Crippen MR) is 85.9 cm³/mol. The molecule has 23 heavy (non-hydrogen) atoms. The Hall–Kier alpha value is -1.87. The average molecular weight is 323 g/mol. The van der Waals surface area contributed by atoms with Crippen LogP contribution in [0.2, 0.25) is 0 Å². The van der Waals surface area contributed by atoms with Gasteiger partial charge in [-0.3, -0.25) is 9.36 Å². The summed E-state index contributed by atoms with van der Waals surface area (Å²) in [6, 6.07) is -0.144. The van der Waals surface area contributed by atoms with Crippen LogP contribution in [0.5, 0.6) is 0 Å². The normalized spacial score (nSPS) is 17.7. The third-order valence-electron chi connectivity index (χ3n) is 3.56. The second-order valence-corrected chi connectivity index (χ2v) is 6.55. The van der Waals surface area contributed by atoms with Crippen molar-refractivity contribution in [3.63, 3.8) is 0 Å². The van der Waals surface area contributed by atoms with Crippen LogP contribution in [-0.2, 0) is 15.9 Å². The Morgan fingerprint density at radius 3 is 2.70 bits per heavy atom. The van der Waals surface area contributed by atoms with E-state index in [1.807, 2.05) is 6.92 Å². The lowest BCUT2D eigenvalue weighted by Crippen LogP contribution is -2.54. The molecule has 1 N–H and O–H groups in total. The van der Waals surface area contributed by atoms with Crippen LogP contribution in [0.15, 0.2) is 11.0 Å². The number of ether oxygens (including phenoxy) is 1. The van der Waals surface area contributed by atoms with Gasteiger partial charge in [0.1, 0.15) is 5.60 Å². The van der Waals surface area contributed by atoms with Gasteiger partial charge in [0, 0.05) is 25.9 Å². The quantitative estimate of drug-likeness (QED) is 0.777. The van der Waals surface area contributed by atoms with Crippen molar-refractivity contribution in [2.24, 2.45) is 0 Å². The highest BCUT2D eigenvalue weighted by Crippen LogP contribution is 2.23. The minimum absolute atomic E-state index is 0.0370. The molecule has 1 aliphatic heterocycles. The molecule has 0 radical (unpaired) electrons. The van der Waals surface area contributed by atoms with E-state index in [9.17, 15) is 14.6 Å². The van der Waals surface area contributed by atoms with E-state index >= 15 is 0 Å². The monoisotopic (exact) mass is 323 g/mol. The third kappa shape index (κ3) is 3.56. The minimum atomic E-state index is -1.35. The van der Waals surface area contributed by atoms with Crippen molar-refractivity contribution < 1.29 is 19.2 Å². The first-order valence-corrected chi connectivity index (χ1v) is 7.48. The van der Waals surface area contributed by atoms with Crippen LogP contribution in [0.25, 0.3) is 0 Å². The van der Waals surface area contributed by atoms with Crippen LogP contribution in [0.3, 0.4) is 0 Å². The zero-order chi connectivity index (χ0) is 17.4. The summed E-state index contributed by atoms with van der Waals surface area (Å²) in [6.07, 6.45) is 1.27. The van der Waals surface area contributed by atoms with Crippen LogP contribution >= 0.6 is 0 Å². The summed E-state index contributed by atoms with van der Waals surface area (Å²) in [5, 5.41) is 9.71. The highest BCUT2D eigenvalue weighted by molar-refractivity contribution is 6.59. The van der Waals surface area contributed by atoms with Gasteiger partial charge in [0.25, 0.3) is 5.56 Å². The van der Waals surface area contributed by atoms with E-state index in [1.54, 1.807) is 20.8 Å². The molecule has 0 aliphatic carbocycles. The fraction of sp³-hybridized carbons (Fsp3) is 0.643. The molecule has 126 valence electrons. The second-order valence-electron chi connectivity index (χ2n) is 6.55. The maximum Gasteiger partial charge on any atom is 0.498 e. The first kappa shape index (κ1) is 17.5. The van der Waals surface area contributed by atoms with E-state index < -0.39 is 24.4 Å². The molecule has 0 fully saturated rings. The molecule has 1 aliphatic rings. The van der Waals surface area contributed by atoms with Gasteiger partial charge in [0.15, 0.2) is 0 Å². The van der Waals surface area contributed by atoms with Crippen molar-refractivity contribution in [3.05, 3.63) is 16.6 Å².